The van der Waals surface area contributed by atoms with Gasteiger partial charge < -0.3 is 9.80 Å². The van der Waals surface area contributed by atoms with E-state index in [1.165, 1.54) is 76.8 Å². The Kier molecular flexibility index (Phi) is 9.21. The van der Waals surface area contributed by atoms with E-state index in [1.807, 2.05) is 0 Å². The van der Waals surface area contributed by atoms with Crippen LogP contribution in [0.1, 0.15) is 25.0 Å². The lowest BCUT2D eigenvalue weighted by Gasteiger charge is -2.26. The van der Waals surface area contributed by atoms with Crippen LogP contribution in [-0.2, 0) is 5.41 Å². The van der Waals surface area contributed by atoms with Gasteiger partial charge in [-0.25, -0.2) is 0 Å². The molecule has 0 N–H and O–H groups in total. The second-order valence-electron chi connectivity index (χ2n) is 17.7. The molecule has 0 atom stereocenters. The Morgan fingerprint density at radius 2 is 0.738 bits per heavy atom. The van der Waals surface area contributed by atoms with Gasteiger partial charge in [0.25, 0.3) is 0 Å². The van der Waals surface area contributed by atoms with E-state index in [0.717, 1.165) is 34.1 Å². The van der Waals surface area contributed by atoms with Crippen LogP contribution >= 0.6 is 0 Å². The van der Waals surface area contributed by atoms with E-state index in [4.69, 9.17) is 0 Å². The van der Waals surface area contributed by atoms with Crippen molar-refractivity contribution in [2.45, 2.75) is 19.3 Å². The highest BCUT2D eigenvalue weighted by Gasteiger charge is 2.38. The Balaban J connectivity index is 0.905. The molecule has 2 heteroatoms. The third-order valence-corrected chi connectivity index (χ3v) is 13.6. The minimum Gasteiger partial charge on any atom is -0.311 e. The van der Waals surface area contributed by atoms with Crippen molar-refractivity contribution in [3.05, 3.63) is 254 Å². The van der Waals surface area contributed by atoms with Crippen molar-refractivity contribution >= 4 is 66.4 Å². The first-order valence-electron chi connectivity index (χ1n) is 22.6. The zero-order valence-electron chi connectivity index (χ0n) is 36.5. The Morgan fingerprint density at radius 1 is 0.292 bits per heavy atom. The minimum atomic E-state index is -0.218. The maximum Gasteiger partial charge on any atom is 0.0468 e. The number of rotatable bonds is 8. The molecule has 0 aromatic heterocycles. The zero-order valence-corrected chi connectivity index (χ0v) is 36.5. The van der Waals surface area contributed by atoms with Crippen molar-refractivity contribution in [1.29, 1.82) is 0 Å². The first-order valence-corrected chi connectivity index (χ1v) is 22.6. The van der Waals surface area contributed by atoms with Crippen molar-refractivity contribution in [3.8, 4) is 33.4 Å². The van der Waals surface area contributed by atoms with Crippen LogP contribution in [-0.4, -0.2) is 0 Å². The Hall–Kier alpha value is -8.20. The molecule has 0 unspecified atom stereocenters. The second kappa shape index (κ2) is 15.6. The molecule has 0 saturated carbocycles. The summed E-state index contributed by atoms with van der Waals surface area (Å²) in [5, 5.41) is 7.68. The molecular formula is C63H46N2. The molecule has 0 amide bonds. The smallest absolute Gasteiger partial charge is 0.0468 e. The van der Waals surface area contributed by atoms with Gasteiger partial charge in [0.1, 0.15) is 0 Å². The summed E-state index contributed by atoms with van der Waals surface area (Å²) in [5.41, 5.74) is 16.9. The van der Waals surface area contributed by atoms with Gasteiger partial charge in [-0.2, -0.15) is 0 Å². The topological polar surface area (TPSA) is 6.48 Å². The molecule has 308 valence electrons. The van der Waals surface area contributed by atoms with E-state index in [-0.39, 0.29) is 5.41 Å². The van der Waals surface area contributed by atoms with Gasteiger partial charge in [-0.1, -0.05) is 172 Å². The lowest BCUT2D eigenvalue weighted by molar-refractivity contribution is 0.667. The number of fused-ring (bicyclic) bond motifs is 9. The quantitative estimate of drug-likeness (QED) is 0.141. The molecule has 0 bridgehead atoms. The van der Waals surface area contributed by atoms with E-state index in [9.17, 15) is 0 Å². The first kappa shape index (κ1) is 38.5. The Labute approximate surface area is 380 Å². The summed E-state index contributed by atoms with van der Waals surface area (Å²) in [7, 11) is 0. The van der Waals surface area contributed by atoms with Crippen LogP contribution in [0.3, 0.4) is 0 Å². The van der Waals surface area contributed by atoms with Gasteiger partial charge in [-0.3, -0.25) is 0 Å². The summed E-state index contributed by atoms with van der Waals surface area (Å²) in [5.74, 6) is 0. The van der Waals surface area contributed by atoms with Crippen LogP contribution in [0.15, 0.2) is 243 Å². The van der Waals surface area contributed by atoms with E-state index in [0.29, 0.717) is 0 Å². The molecule has 11 aromatic carbocycles. The van der Waals surface area contributed by atoms with Gasteiger partial charge in [0, 0.05) is 39.5 Å². The van der Waals surface area contributed by atoms with E-state index in [2.05, 4.69) is 266 Å². The average molecular weight is 831 g/mol. The van der Waals surface area contributed by atoms with Crippen molar-refractivity contribution in [2.24, 2.45) is 0 Å². The molecule has 0 saturated heterocycles. The molecule has 65 heavy (non-hydrogen) atoms. The lowest BCUT2D eigenvalue weighted by atomic mass is 9.78. The van der Waals surface area contributed by atoms with Gasteiger partial charge in [0.05, 0.1) is 0 Å². The molecule has 0 fully saturated rings. The molecule has 0 aliphatic heterocycles. The molecule has 1 aliphatic rings. The van der Waals surface area contributed by atoms with Crippen LogP contribution in [0.2, 0.25) is 0 Å². The summed E-state index contributed by atoms with van der Waals surface area (Å²) in [4.78, 5) is 4.66. The molecule has 0 radical (unpaired) electrons. The van der Waals surface area contributed by atoms with Crippen LogP contribution in [0.25, 0.3) is 65.7 Å². The highest BCUT2D eigenvalue weighted by Crippen LogP contribution is 2.55. The molecular weight excluding hydrogens is 785 g/mol. The maximum atomic E-state index is 2.45. The van der Waals surface area contributed by atoms with Crippen molar-refractivity contribution in [2.75, 3.05) is 9.80 Å². The van der Waals surface area contributed by atoms with E-state index >= 15 is 0 Å². The number of hydrogen-bond acceptors (Lipinski definition) is 2. The summed E-state index contributed by atoms with van der Waals surface area (Å²) in [6.07, 6.45) is 0. The van der Waals surface area contributed by atoms with E-state index in [1.54, 1.807) is 0 Å². The molecule has 0 spiro atoms. The largest absolute Gasteiger partial charge is 0.311 e. The van der Waals surface area contributed by atoms with Gasteiger partial charge >= 0.3 is 0 Å². The summed E-state index contributed by atoms with van der Waals surface area (Å²) < 4.78 is 0. The fourth-order valence-corrected chi connectivity index (χ4v) is 10.4. The van der Waals surface area contributed by atoms with Crippen molar-refractivity contribution < 1.29 is 0 Å². The SMILES string of the molecule is CC1(C)c2cc(-c3ccc(N(c4ccccc4)c4ccc5ccccc5c4)cc3)ccc2-c2c1c1ccc(-c3ccc(N(c4ccccc4)c4ccccc4)cc3)cc1c1ccccc21. The third-order valence-electron chi connectivity index (χ3n) is 13.6. The van der Waals surface area contributed by atoms with Gasteiger partial charge in [-0.15, -0.1) is 0 Å². The number of para-hydroxylation sites is 3. The highest BCUT2D eigenvalue weighted by molar-refractivity contribution is 6.19. The Morgan fingerprint density at radius 3 is 1.34 bits per heavy atom. The molecule has 0 heterocycles. The van der Waals surface area contributed by atoms with E-state index < -0.39 is 0 Å². The second-order valence-corrected chi connectivity index (χ2v) is 17.7. The summed E-state index contributed by atoms with van der Waals surface area (Å²) in [6, 6.07) is 88.5. The monoisotopic (exact) mass is 830 g/mol. The number of nitrogens with zero attached hydrogens (tertiary/aromatic N) is 2. The lowest BCUT2D eigenvalue weighted by Crippen LogP contribution is -2.15. The summed E-state index contributed by atoms with van der Waals surface area (Å²) in [6.45, 7) is 4.83. The van der Waals surface area contributed by atoms with Crippen LogP contribution in [0.5, 0.6) is 0 Å². The highest BCUT2D eigenvalue weighted by atomic mass is 15.1. The third kappa shape index (κ3) is 6.57. The standard InChI is InChI=1S/C63H46N2/c1-63(2)60-42-48(45-28-35-53(36-29-45)65(51-22-10-5-11-23-51)54-37-30-43-16-12-13-17-46(43)40-54)32-39-58(60)61-56-25-15-14-24-55(56)59-41-47(31-38-57(59)62(61)63)44-26-33-52(34-27-44)64(49-18-6-3-7-19-49)50-20-8-4-9-21-50/h3-42H,1-2H3. The predicted octanol–water partition coefficient (Wildman–Crippen LogP) is 17.7. The normalized spacial score (nSPS) is 12.6. The fourth-order valence-electron chi connectivity index (χ4n) is 10.4. The molecule has 2 nitrogen and oxygen atoms in total. The molecule has 12 rings (SSSR count). The van der Waals surface area contributed by atoms with Gasteiger partial charge in [0.15, 0.2) is 0 Å². The van der Waals surface area contributed by atoms with Gasteiger partial charge in [-0.05, 0) is 162 Å². The number of hydrogen-bond donors (Lipinski definition) is 0. The minimum absolute atomic E-state index is 0.218. The van der Waals surface area contributed by atoms with Crippen LogP contribution in [0, 0.1) is 0 Å². The number of anilines is 6. The zero-order chi connectivity index (χ0) is 43.5. The fraction of sp³-hybridized carbons (Fsp3) is 0.0476. The van der Waals surface area contributed by atoms with Crippen LogP contribution in [0.4, 0.5) is 34.1 Å². The molecule has 1 aliphatic carbocycles. The Bertz CT molecular complexity index is 3500. The first-order chi connectivity index (χ1) is 32.0. The van der Waals surface area contributed by atoms with Crippen molar-refractivity contribution in [3.63, 3.8) is 0 Å². The predicted molar refractivity (Wildman–Crippen MR) is 277 cm³/mol. The van der Waals surface area contributed by atoms with Gasteiger partial charge in [0.2, 0.25) is 0 Å². The summed E-state index contributed by atoms with van der Waals surface area (Å²) >= 11 is 0. The number of benzene rings is 11. The molecule has 11 aromatic rings. The van der Waals surface area contributed by atoms with Crippen LogP contribution < -0.4 is 9.80 Å². The maximum absolute atomic E-state index is 2.45. The van der Waals surface area contributed by atoms with Crippen molar-refractivity contribution in [1.82, 2.24) is 0 Å². The average Bonchev–Trinajstić information content (AvgIpc) is 3.61.